The molecule has 84 valence electrons. The zero-order valence-electron chi connectivity index (χ0n) is 8.99. The Balaban J connectivity index is 2.71. The highest BCUT2D eigenvalue weighted by Crippen LogP contribution is 2.09. The molecule has 0 atom stereocenters. The Morgan fingerprint density at radius 2 is 2.19 bits per heavy atom. The quantitative estimate of drug-likeness (QED) is 0.636. The van der Waals surface area contributed by atoms with Gasteiger partial charge in [-0.15, -0.1) is 0 Å². The number of rotatable bonds is 3. The molecule has 1 amide bonds. The van der Waals surface area contributed by atoms with Gasteiger partial charge in [0, 0.05) is 24.2 Å². The Hall–Kier alpha value is -1.83. The number of hydrogen-bond acceptors (Lipinski definition) is 3. The lowest BCUT2D eigenvalue weighted by Crippen LogP contribution is -2.16. The van der Waals surface area contributed by atoms with Crippen molar-refractivity contribution in [2.45, 2.75) is 6.42 Å². The molecule has 0 aromatic heterocycles. The lowest BCUT2D eigenvalue weighted by Gasteiger charge is -2.04. The van der Waals surface area contributed by atoms with Gasteiger partial charge in [-0.05, 0) is 18.2 Å². The van der Waals surface area contributed by atoms with Gasteiger partial charge in [-0.2, -0.15) is 0 Å². The third-order valence-electron chi connectivity index (χ3n) is 1.85. The predicted octanol–water partition coefficient (Wildman–Crippen LogP) is 0.284. The number of carbonyl (C=O) groups excluding carboxylic acids is 1. The molecule has 4 nitrogen and oxygen atoms in total. The van der Waals surface area contributed by atoms with Gasteiger partial charge in [-0.25, -0.2) is 0 Å². The molecule has 0 spiro atoms. The molecule has 0 aliphatic rings. The molecule has 1 aromatic carbocycles. The molecule has 0 aliphatic carbocycles. The largest absolute Gasteiger partial charge is 0.330 e. The number of carbonyl (C=O) groups is 1. The van der Waals surface area contributed by atoms with E-state index in [9.17, 15) is 4.79 Å². The second-order valence-corrected chi connectivity index (χ2v) is 3.17. The fourth-order valence-electron chi connectivity index (χ4n) is 1.18. The molecular formula is C12H15N3O. The first-order chi connectivity index (χ1) is 7.76. The van der Waals surface area contributed by atoms with Crippen molar-refractivity contribution in [2.24, 2.45) is 11.5 Å². The Morgan fingerprint density at radius 1 is 1.38 bits per heavy atom. The van der Waals surface area contributed by atoms with Crippen molar-refractivity contribution in [1.29, 1.82) is 0 Å². The van der Waals surface area contributed by atoms with Gasteiger partial charge in [0.2, 0.25) is 5.91 Å². The highest BCUT2D eigenvalue weighted by Gasteiger charge is 2.00. The van der Waals surface area contributed by atoms with Crippen LogP contribution in [0.4, 0.5) is 5.69 Å². The van der Waals surface area contributed by atoms with Gasteiger partial charge in [0.25, 0.3) is 0 Å². The molecular weight excluding hydrogens is 202 g/mol. The minimum Gasteiger partial charge on any atom is -0.330 e. The summed E-state index contributed by atoms with van der Waals surface area (Å²) in [5, 5.41) is 2.74. The fourth-order valence-corrected chi connectivity index (χ4v) is 1.18. The summed E-state index contributed by atoms with van der Waals surface area (Å²) in [6, 6.07) is 7.30. The van der Waals surface area contributed by atoms with Crippen LogP contribution in [0.25, 0.3) is 0 Å². The fraction of sp³-hybridized carbons (Fsp3) is 0.250. The first-order valence-electron chi connectivity index (χ1n) is 5.05. The molecule has 0 saturated carbocycles. The molecule has 1 rings (SSSR count). The van der Waals surface area contributed by atoms with Crippen LogP contribution in [0.15, 0.2) is 24.3 Å². The number of hydrogen-bond donors (Lipinski definition) is 3. The van der Waals surface area contributed by atoms with Crippen LogP contribution in [0.2, 0.25) is 0 Å². The van der Waals surface area contributed by atoms with E-state index in [0.29, 0.717) is 19.5 Å². The number of anilines is 1. The predicted molar refractivity (Wildman–Crippen MR) is 64.7 cm³/mol. The van der Waals surface area contributed by atoms with Crippen molar-refractivity contribution in [3.63, 3.8) is 0 Å². The molecule has 0 fully saturated rings. The Bertz CT molecular complexity index is 418. The summed E-state index contributed by atoms with van der Waals surface area (Å²) in [5.41, 5.74) is 12.1. The van der Waals surface area contributed by atoms with Crippen molar-refractivity contribution in [3.8, 4) is 11.8 Å². The molecule has 16 heavy (non-hydrogen) atoms. The van der Waals surface area contributed by atoms with Crippen LogP contribution < -0.4 is 16.8 Å². The van der Waals surface area contributed by atoms with Crippen molar-refractivity contribution in [1.82, 2.24) is 0 Å². The molecule has 0 heterocycles. The Kier molecular flexibility index (Phi) is 5.06. The molecule has 0 bridgehead atoms. The van der Waals surface area contributed by atoms with Crippen LogP contribution in [0.1, 0.15) is 12.0 Å². The minimum atomic E-state index is -0.0913. The summed E-state index contributed by atoms with van der Waals surface area (Å²) in [5.74, 6) is 5.56. The van der Waals surface area contributed by atoms with Gasteiger partial charge in [-0.1, -0.05) is 17.9 Å². The number of nitrogens with one attached hydrogen (secondary N) is 1. The van der Waals surface area contributed by atoms with Gasteiger partial charge >= 0.3 is 0 Å². The van der Waals surface area contributed by atoms with Crippen molar-refractivity contribution < 1.29 is 4.79 Å². The second kappa shape index (κ2) is 6.62. The molecule has 0 saturated heterocycles. The van der Waals surface area contributed by atoms with Crippen molar-refractivity contribution >= 4 is 11.6 Å². The van der Waals surface area contributed by atoms with Gasteiger partial charge in [0.1, 0.15) is 0 Å². The lowest BCUT2D eigenvalue weighted by atomic mass is 10.2. The first-order valence-corrected chi connectivity index (χ1v) is 5.05. The maximum absolute atomic E-state index is 11.3. The van der Waals surface area contributed by atoms with Crippen LogP contribution in [-0.2, 0) is 4.79 Å². The van der Waals surface area contributed by atoms with E-state index in [1.165, 1.54) is 0 Å². The summed E-state index contributed by atoms with van der Waals surface area (Å²) in [6.45, 7) is 0.669. The average Bonchev–Trinajstić information content (AvgIpc) is 2.27. The molecule has 0 radical (unpaired) electrons. The van der Waals surface area contributed by atoms with E-state index in [0.717, 1.165) is 11.3 Å². The molecule has 5 N–H and O–H groups in total. The number of nitrogens with two attached hydrogens (primary N) is 2. The summed E-state index contributed by atoms with van der Waals surface area (Å²) in [4.78, 5) is 11.3. The van der Waals surface area contributed by atoms with Gasteiger partial charge in [0.05, 0.1) is 6.54 Å². The standard InChI is InChI=1S/C12H15N3O/c13-7-2-4-10-3-1-5-11(9-10)15-12(16)6-8-14/h1,3,5,9H,6-8,13-14H2,(H,15,16). The van der Waals surface area contributed by atoms with Gasteiger partial charge < -0.3 is 16.8 Å². The topological polar surface area (TPSA) is 81.1 Å². The Labute approximate surface area is 95.0 Å². The Morgan fingerprint density at radius 3 is 2.88 bits per heavy atom. The van der Waals surface area contributed by atoms with E-state index in [-0.39, 0.29) is 5.91 Å². The van der Waals surface area contributed by atoms with Crippen LogP contribution >= 0.6 is 0 Å². The van der Waals surface area contributed by atoms with E-state index in [1.54, 1.807) is 6.07 Å². The summed E-state index contributed by atoms with van der Waals surface area (Å²) < 4.78 is 0. The molecule has 0 unspecified atom stereocenters. The van der Waals surface area contributed by atoms with Crippen LogP contribution in [0.5, 0.6) is 0 Å². The summed E-state index contributed by atoms with van der Waals surface area (Å²) >= 11 is 0. The summed E-state index contributed by atoms with van der Waals surface area (Å²) in [7, 11) is 0. The van der Waals surface area contributed by atoms with Crippen LogP contribution in [0.3, 0.4) is 0 Å². The maximum atomic E-state index is 11.3. The second-order valence-electron chi connectivity index (χ2n) is 3.17. The zero-order chi connectivity index (χ0) is 11.8. The van der Waals surface area contributed by atoms with Crippen LogP contribution in [-0.4, -0.2) is 19.0 Å². The van der Waals surface area contributed by atoms with E-state index in [2.05, 4.69) is 17.2 Å². The summed E-state index contributed by atoms with van der Waals surface area (Å²) in [6.07, 6.45) is 0.318. The third-order valence-corrected chi connectivity index (χ3v) is 1.85. The first kappa shape index (κ1) is 12.2. The van der Waals surface area contributed by atoms with Gasteiger partial charge in [-0.3, -0.25) is 4.79 Å². The van der Waals surface area contributed by atoms with E-state index in [1.807, 2.05) is 18.2 Å². The van der Waals surface area contributed by atoms with E-state index in [4.69, 9.17) is 11.5 Å². The van der Waals surface area contributed by atoms with Gasteiger partial charge in [0.15, 0.2) is 0 Å². The van der Waals surface area contributed by atoms with Crippen molar-refractivity contribution in [2.75, 3.05) is 18.4 Å². The van der Waals surface area contributed by atoms with E-state index < -0.39 is 0 Å². The minimum absolute atomic E-state index is 0.0913. The normalized spacial score (nSPS) is 9.12. The van der Waals surface area contributed by atoms with Crippen LogP contribution in [0, 0.1) is 11.8 Å². The molecule has 4 heteroatoms. The number of benzene rings is 1. The number of amides is 1. The highest BCUT2D eigenvalue weighted by atomic mass is 16.1. The highest BCUT2D eigenvalue weighted by molar-refractivity contribution is 5.90. The smallest absolute Gasteiger partial charge is 0.225 e. The lowest BCUT2D eigenvalue weighted by molar-refractivity contribution is -0.116. The molecule has 0 aliphatic heterocycles. The monoisotopic (exact) mass is 217 g/mol. The van der Waals surface area contributed by atoms with E-state index >= 15 is 0 Å². The van der Waals surface area contributed by atoms with Crippen molar-refractivity contribution in [3.05, 3.63) is 29.8 Å². The third kappa shape index (κ3) is 4.13. The maximum Gasteiger partial charge on any atom is 0.225 e. The zero-order valence-corrected chi connectivity index (χ0v) is 8.99. The molecule has 1 aromatic rings. The average molecular weight is 217 g/mol. The SMILES string of the molecule is NCC#Cc1cccc(NC(=O)CCN)c1.